The number of hydrogen-bond acceptors (Lipinski definition) is 7. The molecule has 3 rings (SSSR count). The number of esters is 2. The van der Waals surface area contributed by atoms with Gasteiger partial charge in [-0.15, -0.1) is 0 Å². The summed E-state index contributed by atoms with van der Waals surface area (Å²) in [4.78, 5) is 25.5. The van der Waals surface area contributed by atoms with E-state index in [1.54, 1.807) is 26.8 Å². The summed E-state index contributed by atoms with van der Waals surface area (Å²) in [6.45, 7) is 12.1. The highest BCUT2D eigenvalue weighted by Gasteiger charge is 2.50. The van der Waals surface area contributed by atoms with Crippen LogP contribution < -0.4 is 26.6 Å². The van der Waals surface area contributed by atoms with E-state index in [1.807, 2.05) is 48.5 Å². The Bertz CT molecular complexity index is 1280. The van der Waals surface area contributed by atoms with Crippen molar-refractivity contribution in [3.8, 4) is 5.75 Å². The van der Waals surface area contributed by atoms with Crippen molar-refractivity contribution < 1.29 is 24.2 Å². The fourth-order valence-electron chi connectivity index (χ4n) is 5.55. The molecule has 3 aromatic carbocycles. The number of phenols is 1. The number of carbonyl (C=O) groups is 2. The van der Waals surface area contributed by atoms with Crippen LogP contribution in [0.2, 0.25) is 5.04 Å². The first kappa shape index (κ1) is 32.1. The maximum atomic E-state index is 13.0. The highest BCUT2D eigenvalue weighted by molar-refractivity contribution is 7.13. The monoisotopic (exact) mass is 576 g/mol. The molecule has 0 bridgehead atoms. The molecule has 0 aromatic heterocycles. The van der Waals surface area contributed by atoms with Crippen molar-refractivity contribution in [2.75, 3.05) is 13.7 Å². The molecule has 4 N–H and O–H groups in total. The summed E-state index contributed by atoms with van der Waals surface area (Å²) in [7, 11) is -1.50. The number of hydrogen-bond donors (Lipinski definition) is 3. The number of rotatable bonds is 10. The van der Waals surface area contributed by atoms with E-state index in [0.717, 1.165) is 10.8 Å². The zero-order valence-corrected chi connectivity index (χ0v) is 26.2. The summed E-state index contributed by atoms with van der Waals surface area (Å²) in [5, 5.41) is 17.1. The Morgan fingerprint density at radius 3 is 1.88 bits per heavy atom. The largest absolute Gasteiger partial charge is 0.508 e. The summed E-state index contributed by atoms with van der Waals surface area (Å²) in [6.07, 6.45) is 0.272. The molecule has 0 radical (unpaired) electrons. The number of ether oxygens (including phenoxy) is 2. The molecule has 0 heterocycles. The first-order chi connectivity index (χ1) is 19.2. The second-order valence-corrected chi connectivity index (χ2v) is 17.1. The molecule has 0 aliphatic heterocycles. The molecule has 220 valence electrons. The van der Waals surface area contributed by atoms with Gasteiger partial charge in [0.1, 0.15) is 23.4 Å². The summed E-state index contributed by atoms with van der Waals surface area (Å²) < 4.78 is 10.6. The quantitative estimate of drug-likeness (QED) is 0.193. The van der Waals surface area contributed by atoms with Crippen molar-refractivity contribution in [3.63, 3.8) is 0 Å². The smallest absolute Gasteiger partial charge is 0.324 e. The Morgan fingerprint density at radius 1 is 0.878 bits per heavy atom. The van der Waals surface area contributed by atoms with Gasteiger partial charge in [0.05, 0.1) is 7.11 Å². The summed E-state index contributed by atoms with van der Waals surface area (Å²) in [5.74, 6) is -0.861. The van der Waals surface area contributed by atoms with Crippen LogP contribution in [-0.2, 0) is 25.5 Å². The van der Waals surface area contributed by atoms with E-state index in [1.165, 1.54) is 17.5 Å². The molecule has 1 unspecified atom stereocenters. The lowest BCUT2D eigenvalue weighted by Crippen LogP contribution is -2.73. The molecule has 0 saturated carbocycles. The van der Waals surface area contributed by atoms with Gasteiger partial charge < -0.3 is 25.6 Å². The number of benzene rings is 3. The third-order valence-electron chi connectivity index (χ3n) is 7.24. The minimum Gasteiger partial charge on any atom is -0.508 e. The maximum absolute atomic E-state index is 13.0. The van der Waals surface area contributed by atoms with E-state index in [4.69, 9.17) is 15.2 Å². The highest BCUT2D eigenvalue weighted by Crippen LogP contribution is 2.37. The van der Waals surface area contributed by atoms with Gasteiger partial charge in [-0.25, -0.2) is 0 Å². The van der Waals surface area contributed by atoms with Gasteiger partial charge in [0.15, 0.2) is 8.07 Å². The molecular weight excluding hydrogens is 532 g/mol. The Kier molecular flexibility index (Phi) is 10.2. The van der Waals surface area contributed by atoms with Crippen LogP contribution in [-0.4, -0.2) is 56.5 Å². The lowest BCUT2D eigenvalue weighted by Gasteiger charge is -2.45. The van der Waals surface area contributed by atoms with Crippen LogP contribution in [0.4, 0.5) is 0 Å². The molecule has 3 aromatic rings. The van der Waals surface area contributed by atoms with Crippen molar-refractivity contribution in [1.82, 2.24) is 5.32 Å². The van der Waals surface area contributed by atoms with Crippen molar-refractivity contribution >= 4 is 35.6 Å². The van der Waals surface area contributed by atoms with Gasteiger partial charge in [0, 0.05) is 6.54 Å². The standard InChI is InChI=1S/C33H44N2O5Si/c1-32(2,3)40-30(37)27(34)22-35-28(31(38)39-7)20-23-18-19-24(36)21-29(23)41(33(4,5)6,25-14-10-8-11-15-25)26-16-12-9-13-17-26/h8-19,21,27-28,35-36H,20,22,34H2,1-7H3/t27?,28-/m0/s1. The molecule has 7 nitrogen and oxygen atoms in total. The molecule has 41 heavy (non-hydrogen) atoms. The Hall–Kier alpha value is -3.46. The summed E-state index contributed by atoms with van der Waals surface area (Å²) >= 11 is 0. The lowest BCUT2D eigenvalue weighted by atomic mass is 10.0. The number of carbonyl (C=O) groups excluding carboxylic acids is 2. The highest BCUT2D eigenvalue weighted by atomic mass is 28.3. The molecule has 2 atom stereocenters. The Labute approximate surface area is 245 Å². The van der Waals surface area contributed by atoms with E-state index in [0.29, 0.717) is 0 Å². The number of phenolic OH excluding ortho intramolecular Hbond substituents is 1. The minimum atomic E-state index is -2.84. The number of nitrogens with two attached hydrogens (primary N) is 1. The van der Waals surface area contributed by atoms with Gasteiger partial charge in [0.25, 0.3) is 0 Å². The lowest BCUT2D eigenvalue weighted by molar-refractivity contribution is -0.156. The fourth-order valence-corrected chi connectivity index (χ4v) is 11.5. The van der Waals surface area contributed by atoms with Crippen LogP contribution in [0.1, 0.15) is 47.1 Å². The molecule has 0 aliphatic carbocycles. The van der Waals surface area contributed by atoms with Crippen LogP contribution in [0.25, 0.3) is 0 Å². The van der Waals surface area contributed by atoms with Gasteiger partial charge in [-0.2, -0.15) is 0 Å². The van der Waals surface area contributed by atoms with E-state index < -0.39 is 37.7 Å². The number of methoxy groups -OCH3 is 1. The first-order valence-corrected chi connectivity index (χ1v) is 15.9. The van der Waals surface area contributed by atoms with Crippen LogP contribution in [0, 0.1) is 0 Å². The SMILES string of the molecule is COC(=O)[C@H](Cc1ccc(O)cc1[Si](c1ccccc1)(c1ccccc1)C(C)(C)C)NCC(N)C(=O)OC(C)(C)C. The van der Waals surface area contributed by atoms with E-state index in [9.17, 15) is 14.7 Å². The molecule has 0 saturated heterocycles. The van der Waals surface area contributed by atoms with Crippen LogP contribution in [0.5, 0.6) is 5.75 Å². The van der Waals surface area contributed by atoms with Gasteiger partial charge in [0.2, 0.25) is 0 Å². The van der Waals surface area contributed by atoms with Crippen molar-refractivity contribution in [3.05, 3.63) is 84.4 Å². The van der Waals surface area contributed by atoms with Crippen LogP contribution in [0.3, 0.4) is 0 Å². The van der Waals surface area contributed by atoms with Gasteiger partial charge >= 0.3 is 11.9 Å². The normalized spacial score (nSPS) is 13.8. The third-order valence-corrected chi connectivity index (χ3v) is 13.2. The average molecular weight is 577 g/mol. The van der Waals surface area contributed by atoms with E-state index >= 15 is 0 Å². The maximum Gasteiger partial charge on any atom is 0.324 e. The Morgan fingerprint density at radius 2 is 1.41 bits per heavy atom. The van der Waals surface area contributed by atoms with Gasteiger partial charge in [-0.1, -0.05) is 87.5 Å². The second kappa shape index (κ2) is 13.0. The van der Waals surface area contributed by atoms with E-state index in [-0.39, 0.29) is 23.8 Å². The van der Waals surface area contributed by atoms with Crippen LogP contribution >= 0.6 is 0 Å². The molecule has 8 heteroatoms. The van der Waals surface area contributed by atoms with Crippen molar-refractivity contribution in [2.24, 2.45) is 5.73 Å². The first-order valence-electron chi connectivity index (χ1n) is 13.9. The zero-order chi connectivity index (χ0) is 30.4. The third kappa shape index (κ3) is 7.44. The number of aromatic hydroxyl groups is 1. The summed E-state index contributed by atoms with van der Waals surface area (Å²) in [5.41, 5.74) is 6.36. The average Bonchev–Trinajstić information content (AvgIpc) is 2.91. The second-order valence-electron chi connectivity index (χ2n) is 12.4. The fraction of sp³-hybridized carbons (Fsp3) is 0.394. The molecule has 0 spiro atoms. The Balaban J connectivity index is 2.14. The molecular formula is C33H44N2O5Si. The zero-order valence-electron chi connectivity index (χ0n) is 25.2. The number of nitrogens with one attached hydrogen (secondary N) is 1. The molecule has 0 aliphatic rings. The summed E-state index contributed by atoms with van der Waals surface area (Å²) in [6, 6.07) is 24.5. The topological polar surface area (TPSA) is 111 Å². The van der Waals surface area contributed by atoms with Gasteiger partial charge in [-0.3, -0.25) is 9.59 Å². The van der Waals surface area contributed by atoms with Gasteiger partial charge in [-0.05, 0) is 65.5 Å². The molecule has 0 amide bonds. The molecule has 0 fully saturated rings. The van der Waals surface area contributed by atoms with Crippen molar-refractivity contribution in [2.45, 2.75) is 70.7 Å². The van der Waals surface area contributed by atoms with Crippen LogP contribution in [0.15, 0.2) is 78.9 Å². The predicted molar refractivity (Wildman–Crippen MR) is 167 cm³/mol. The van der Waals surface area contributed by atoms with Crippen molar-refractivity contribution in [1.29, 1.82) is 0 Å². The van der Waals surface area contributed by atoms with E-state index in [2.05, 4.69) is 50.4 Å². The predicted octanol–water partition coefficient (Wildman–Crippen LogP) is 3.01. The minimum absolute atomic E-state index is 0.0291.